The van der Waals surface area contributed by atoms with Gasteiger partial charge < -0.3 is 10.3 Å². The van der Waals surface area contributed by atoms with Gasteiger partial charge >= 0.3 is 0 Å². The van der Waals surface area contributed by atoms with Crippen molar-refractivity contribution in [3.05, 3.63) is 65.6 Å². The average molecular weight is 290 g/mol. The first kappa shape index (κ1) is 13.2. The summed E-state index contributed by atoms with van der Waals surface area (Å²) in [4.78, 5) is 14.9. The molecular formula is C15H9F3N2O. The number of carbonyl (C=O) groups excluding carboxylic acids is 1. The monoisotopic (exact) mass is 290 g/mol. The third kappa shape index (κ3) is 2.47. The molecule has 2 aromatic carbocycles. The van der Waals surface area contributed by atoms with E-state index in [2.05, 4.69) is 10.3 Å². The van der Waals surface area contributed by atoms with Crippen molar-refractivity contribution in [2.45, 2.75) is 0 Å². The molecule has 6 heteroatoms. The van der Waals surface area contributed by atoms with Crippen LogP contribution in [0.25, 0.3) is 10.9 Å². The van der Waals surface area contributed by atoms with Gasteiger partial charge in [-0.3, -0.25) is 4.79 Å². The summed E-state index contributed by atoms with van der Waals surface area (Å²) < 4.78 is 39.0. The highest BCUT2D eigenvalue weighted by Crippen LogP contribution is 2.21. The Bertz CT molecular complexity index is 842. The van der Waals surface area contributed by atoms with Gasteiger partial charge in [0.15, 0.2) is 11.6 Å². The molecule has 0 radical (unpaired) electrons. The lowest BCUT2D eigenvalue weighted by atomic mass is 10.1. The highest BCUT2D eigenvalue weighted by atomic mass is 19.2. The number of rotatable bonds is 2. The molecule has 0 saturated heterocycles. The van der Waals surface area contributed by atoms with Gasteiger partial charge in [0.05, 0.1) is 5.56 Å². The van der Waals surface area contributed by atoms with E-state index in [1.165, 1.54) is 30.5 Å². The number of aromatic amines is 1. The van der Waals surface area contributed by atoms with Crippen LogP contribution in [0.1, 0.15) is 10.4 Å². The van der Waals surface area contributed by atoms with Crippen LogP contribution in [-0.4, -0.2) is 10.9 Å². The maximum absolute atomic E-state index is 13.1. The number of hydrogen-bond acceptors (Lipinski definition) is 1. The number of benzene rings is 2. The van der Waals surface area contributed by atoms with Gasteiger partial charge in [-0.2, -0.15) is 0 Å². The smallest absolute Gasteiger partial charge is 0.257 e. The molecule has 3 aromatic rings. The first-order valence-electron chi connectivity index (χ1n) is 6.07. The second-order valence-electron chi connectivity index (χ2n) is 4.48. The summed E-state index contributed by atoms with van der Waals surface area (Å²) in [6, 6.07) is 7.05. The molecule has 0 bridgehead atoms. The summed E-state index contributed by atoms with van der Waals surface area (Å²) in [5.74, 6) is -2.96. The first-order valence-corrected chi connectivity index (χ1v) is 6.07. The van der Waals surface area contributed by atoms with Crippen LogP contribution < -0.4 is 5.32 Å². The highest BCUT2D eigenvalue weighted by molar-refractivity contribution is 6.12. The highest BCUT2D eigenvalue weighted by Gasteiger charge is 2.13. The number of fused-ring (bicyclic) bond motifs is 1. The summed E-state index contributed by atoms with van der Waals surface area (Å²) in [6.07, 6.45) is 1.43. The van der Waals surface area contributed by atoms with Crippen LogP contribution in [0.3, 0.4) is 0 Å². The molecule has 3 rings (SSSR count). The number of hydrogen-bond donors (Lipinski definition) is 2. The van der Waals surface area contributed by atoms with Crippen LogP contribution in [0, 0.1) is 17.5 Å². The molecule has 0 aliphatic carbocycles. The van der Waals surface area contributed by atoms with E-state index in [4.69, 9.17) is 0 Å². The van der Waals surface area contributed by atoms with E-state index in [1.54, 1.807) is 0 Å². The Balaban J connectivity index is 1.91. The maximum Gasteiger partial charge on any atom is 0.257 e. The third-order valence-electron chi connectivity index (χ3n) is 3.07. The fraction of sp³-hybridized carbons (Fsp3) is 0. The van der Waals surface area contributed by atoms with Crippen molar-refractivity contribution in [1.82, 2.24) is 4.98 Å². The predicted octanol–water partition coefficient (Wildman–Crippen LogP) is 3.84. The van der Waals surface area contributed by atoms with Crippen LogP contribution in [0.5, 0.6) is 0 Å². The number of amides is 1. The van der Waals surface area contributed by atoms with Crippen molar-refractivity contribution in [2.24, 2.45) is 0 Å². The minimum absolute atomic E-state index is 0.135. The SMILES string of the molecule is O=C(Nc1ccc(F)c(F)c1)c1c[nH]c2cc(F)ccc12. The molecule has 1 aromatic heterocycles. The minimum Gasteiger partial charge on any atom is -0.360 e. The average Bonchev–Trinajstić information content (AvgIpc) is 2.85. The Hall–Kier alpha value is -2.76. The molecule has 1 heterocycles. The number of aromatic nitrogens is 1. The van der Waals surface area contributed by atoms with Crippen LogP contribution in [0.15, 0.2) is 42.6 Å². The van der Waals surface area contributed by atoms with Crippen LogP contribution in [0.4, 0.5) is 18.9 Å². The minimum atomic E-state index is -1.05. The van der Waals surface area contributed by atoms with E-state index >= 15 is 0 Å². The lowest BCUT2D eigenvalue weighted by Gasteiger charge is -2.05. The summed E-state index contributed by atoms with van der Waals surface area (Å²) in [7, 11) is 0. The van der Waals surface area contributed by atoms with Crippen LogP contribution in [-0.2, 0) is 0 Å². The molecule has 0 aliphatic rings. The fourth-order valence-corrected chi connectivity index (χ4v) is 2.06. The molecule has 2 N–H and O–H groups in total. The normalized spacial score (nSPS) is 10.8. The predicted molar refractivity (Wildman–Crippen MR) is 72.6 cm³/mol. The molecule has 106 valence electrons. The van der Waals surface area contributed by atoms with E-state index in [-0.39, 0.29) is 11.3 Å². The van der Waals surface area contributed by atoms with Gasteiger partial charge in [-0.25, -0.2) is 13.2 Å². The van der Waals surface area contributed by atoms with E-state index in [0.717, 1.165) is 12.1 Å². The van der Waals surface area contributed by atoms with E-state index < -0.39 is 23.4 Å². The fourth-order valence-electron chi connectivity index (χ4n) is 2.06. The standard InChI is InChI=1S/C15H9F3N2O/c16-8-1-3-10-11(7-19-14(10)5-8)15(21)20-9-2-4-12(17)13(18)6-9/h1-7,19H,(H,20,21). The number of carbonyl (C=O) groups is 1. The zero-order valence-corrected chi connectivity index (χ0v) is 10.6. The summed E-state index contributed by atoms with van der Waals surface area (Å²) in [6.45, 7) is 0. The van der Waals surface area contributed by atoms with Gasteiger partial charge in [0.1, 0.15) is 5.82 Å². The lowest BCUT2D eigenvalue weighted by molar-refractivity contribution is 0.102. The molecule has 0 spiro atoms. The molecule has 0 atom stereocenters. The summed E-state index contributed by atoms with van der Waals surface area (Å²) >= 11 is 0. The first-order chi connectivity index (χ1) is 10.0. The van der Waals surface area contributed by atoms with E-state index in [0.29, 0.717) is 10.9 Å². The molecule has 1 amide bonds. The summed E-state index contributed by atoms with van der Waals surface area (Å²) in [5, 5.41) is 3.00. The van der Waals surface area contributed by atoms with Crippen molar-refractivity contribution in [3.63, 3.8) is 0 Å². The van der Waals surface area contributed by atoms with E-state index in [9.17, 15) is 18.0 Å². The number of nitrogens with one attached hydrogen (secondary N) is 2. The van der Waals surface area contributed by atoms with Gasteiger partial charge in [0.25, 0.3) is 5.91 Å². The zero-order chi connectivity index (χ0) is 15.0. The molecule has 0 unspecified atom stereocenters. The Morgan fingerprint density at radius 2 is 1.81 bits per heavy atom. The maximum atomic E-state index is 13.1. The number of anilines is 1. The quantitative estimate of drug-likeness (QED) is 0.740. The van der Waals surface area contributed by atoms with Gasteiger partial charge in [0.2, 0.25) is 0 Å². The van der Waals surface area contributed by atoms with Crippen LogP contribution in [0.2, 0.25) is 0 Å². The number of halogens is 3. The van der Waals surface area contributed by atoms with Crippen molar-refractivity contribution in [2.75, 3.05) is 5.32 Å². The lowest BCUT2D eigenvalue weighted by Crippen LogP contribution is -2.11. The van der Waals surface area contributed by atoms with Gasteiger partial charge in [-0.1, -0.05) is 0 Å². The van der Waals surface area contributed by atoms with Gasteiger partial charge in [0, 0.05) is 28.9 Å². The topological polar surface area (TPSA) is 44.9 Å². The Morgan fingerprint density at radius 3 is 2.57 bits per heavy atom. The summed E-state index contributed by atoms with van der Waals surface area (Å²) in [5.41, 5.74) is 0.899. The van der Waals surface area contributed by atoms with Crippen molar-refractivity contribution in [3.8, 4) is 0 Å². The van der Waals surface area contributed by atoms with Crippen molar-refractivity contribution < 1.29 is 18.0 Å². The molecule has 0 saturated carbocycles. The Labute approximate surface area is 117 Å². The van der Waals surface area contributed by atoms with E-state index in [1.807, 2.05) is 0 Å². The van der Waals surface area contributed by atoms with Crippen LogP contribution >= 0.6 is 0 Å². The Morgan fingerprint density at radius 1 is 1.00 bits per heavy atom. The van der Waals surface area contributed by atoms with Crippen molar-refractivity contribution >= 4 is 22.5 Å². The van der Waals surface area contributed by atoms with Gasteiger partial charge in [-0.15, -0.1) is 0 Å². The molecule has 0 aliphatic heterocycles. The zero-order valence-electron chi connectivity index (χ0n) is 10.6. The molecular weight excluding hydrogens is 281 g/mol. The molecule has 21 heavy (non-hydrogen) atoms. The molecule has 3 nitrogen and oxygen atoms in total. The van der Waals surface area contributed by atoms with Crippen molar-refractivity contribution in [1.29, 1.82) is 0 Å². The third-order valence-corrected chi connectivity index (χ3v) is 3.07. The second-order valence-corrected chi connectivity index (χ2v) is 4.48. The second kappa shape index (κ2) is 4.97. The van der Waals surface area contributed by atoms with Gasteiger partial charge in [-0.05, 0) is 30.3 Å². The Kier molecular flexibility index (Phi) is 3.13. The molecule has 0 fully saturated rings. The number of H-pyrrole nitrogens is 1. The largest absolute Gasteiger partial charge is 0.360 e.